The summed E-state index contributed by atoms with van der Waals surface area (Å²) in [6.45, 7) is 0.917. The third-order valence-electron chi connectivity index (χ3n) is 4.12. The van der Waals surface area contributed by atoms with Gasteiger partial charge >= 0.3 is 0 Å². The molecule has 1 amide bonds. The number of halogens is 1. The molecule has 0 saturated heterocycles. The second-order valence-electron chi connectivity index (χ2n) is 6.06. The predicted molar refractivity (Wildman–Crippen MR) is 116 cm³/mol. The van der Waals surface area contributed by atoms with Crippen LogP contribution in [0, 0.1) is 0 Å². The molecule has 0 saturated carbocycles. The number of carbonyl (C=O) groups excluding carboxylic acids is 1. The third-order valence-corrected chi connectivity index (χ3v) is 5.58. The number of carbonyl (C=O) groups is 1. The summed E-state index contributed by atoms with van der Waals surface area (Å²) in [6.07, 6.45) is 1.61. The van der Waals surface area contributed by atoms with Gasteiger partial charge in [-0.05, 0) is 36.4 Å². The molecule has 0 bridgehead atoms. The minimum Gasteiger partial charge on any atom is -0.495 e. The van der Waals surface area contributed by atoms with Gasteiger partial charge in [-0.25, -0.2) is 0 Å². The van der Waals surface area contributed by atoms with Gasteiger partial charge in [-0.3, -0.25) is 9.36 Å². The molecule has 9 heteroatoms. The monoisotopic (exact) mass is 476 g/mol. The van der Waals surface area contributed by atoms with Crippen molar-refractivity contribution in [3.8, 4) is 17.2 Å². The topological polar surface area (TPSA) is 69.5 Å². The number of rotatable bonds is 9. The zero-order chi connectivity index (χ0) is 20.6. The van der Waals surface area contributed by atoms with Crippen LogP contribution in [0.4, 0.5) is 0 Å². The summed E-state index contributed by atoms with van der Waals surface area (Å²) in [5.74, 6) is 1.72. The maximum absolute atomic E-state index is 12.5. The minimum atomic E-state index is -0.0102. The zero-order valence-electron chi connectivity index (χ0n) is 16.1. The first-order valence-corrected chi connectivity index (χ1v) is 10.6. The lowest BCUT2D eigenvalue weighted by molar-refractivity contribution is -0.127. The summed E-state index contributed by atoms with van der Waals surface area (Å²) in [5, 5.41) is 8.73. The number of aromatic nitrogens is 3. The Labute approximate surface area is 182 Å². The van der Waals surface area contributed by atoms with Crippen molar-refractivity contribution in [3.63, 3.8) is 0 Å². The van der Waals surface area contributed by atoms with Crippen molar-refractivity contribution in [1.29, 1.82) is 0 Å². The number of nitrogens with zero attached hydrogens (tertiary/aromatic N) is 4. The molecule has 0 N–H and O–H groups in total. The summed E-state index contributed by atoms with van der Waals surface area (Å²) >= 11 is 4.72. The molecular weight excluding hydrogens is 456 g/mol. The third kappa shape index (κ3) is 5.74. The Hall–Kier alpha value is -2.52. The molecule has 2 aromatic carbocycles. The van der Waals surface area contributed by atoms with Crippen molar-refractivity contribution in [3.05, 3.63) is 59.3 Å². The molecule has 0 radical (unpaired) electrons. The van der Waals surface area contributed by atoms with Crippen LogP contribution in [0.15, 0.2) is 64.5 Å². The Morgan fingerprint density at radius 2 is 1.97 bits per heavy atom. The van der Waals surface area contributed by atoms with Crippen molar-refractivity contribution in [2.24, 2.45) is 0 Å². The van der Waals surface area contributed by atoms with E-state index in [1.807, 2.05) is 53.1 Å². The SMILES string of the molecule is COc1ccccc1-n1cnnc1SCC(=O)N(C)CCOc1ccc(Br)cc1. The molecule has 7 nitrogen and oxygen atoms in total. The number of methoxy groups -OCH3 is 1. The van der Waals surface area contributed by atoms with Gasteiger partial charge in [-0.2, -0.15) is 0 Å². The number of hydrogen-bond donors (Lipinski definition) is 0. The molecular formula is C20H21BrN4O3S. The number of amides is 1. The molecule has 3 aromatic rings. The van der Waals surface area contributed by atoms with Gasteiger partial charge in [0.25, 0.3) is 0 Å². The highest BCUT2D eigenvalue weighted by molar-refractivity contribution is 9.10. The fourth-order valence-corrected chi connectivity index (χ4v) is 3.64. The van der Waals surface area contributed by atoms with Crippen molar-refractivity contribution < 1.29 is 14.3 Å². The first-order valence-electron chi connectivity index (χ1n) is 8.87. The highest BCUT2D eigenvalue weighted by Crippen LogP contribution is 2.26. The lowest BCUT2D eigenvalue weighted by Gasteiger charge is -2.17. The van der Waals surface area contributed by atoms with E-state index in [1.54, 1.807) is 25.4 Å². The van der Waals surface area contributed by atoms with E-state index in [9.17, 15) is 4.79 Å². The standard InChI is InChI=1S/C20H21BrN4O3S/c1-24(11-12-28-16-9-7-15(21)8-10-16)19(26)13-29-20-23-22-14-25(20)17-5-3-4-6-18(17)27-2/h3-10,14H,11-13H2,1-2H3. The van der Waals surface area contributed by atoms with Crippen LogP contribution < -0.4 is 9.47 Å². The summed E-state index contributed by atoms with van der Waals surface area (Å²) in [6, 6.07) is 15.2. The maximum Gasteiger partial charge on any atom is 0.232 e. The Balaban J connectivity index is 1.52. The summed E-state index contributed by atoms with van der Waals surface area (Å²) in [4.78, 5) is 14.1. The second kappa shape index (κ2) is 10.3. The van der Waals surface area contributed by atoms with Gasteiger partial charge in [0.2, 0.25) is 5.91 Å². The van der Waals surface area contributed by atoms with Gasteiger partial charge in [0.15, 0.2) is 5.16 Å². The average Bonchev–Trinajstić information content (AvgIpc) is 3.21. The zero-order valence-corrected chi connectivity index (χ0v) is 18.5. The summed E-state index contributed by atoms with van der Waals surface area (Å²) in [5.41, 5.74) is 0.825. The number of para-hydroxylation sites is 2. The van der Waals surface area contributed by atoms with E-state index in [4.69, 9.17) is 9.47 Å². The van der Waals surface area contributed by atoms with Gasteiger partial charge in [-0.1, -0.05) is 39.8 Å². The van der Waals surface area contributed by atoms with E-state index in [1.165, 1.54) is 11.8 Å². The summed E-state index contributed by atoms with van der Waals surface area (Å²) < 4.78 is 13.9. The largest absolute Gasteiger partial charge is 0.495 e. The Morgan fingerprint density at radius 3 is 2.72 bits per heavy atom. The van der Waals surface area contributed by atoms with Gasteiger partial charge < -0.3 is 14.4 Å². The first kappa shape index (κ1) is 21.2. The molecule has 152 valence electrons. The van der Waals surface area contributed by atoms with E-state index >= 15 is 0 Å². The van der Waals surface area contributed by atoms with E-state index in [0.29, 0.717) is 24.1 Å². The maximum atomic E-state index is 12.5. The highest BCUT2D eigenvalue weighted by atomic mass is 79.9. The second-order valence-corrected chi connectivity index (χ2v) is 7.92. The van der Waals surface area contributed by atoms with E-state index in [0.717, 1.165) is 15.9 Å². The molecule has 29 heavy (non-hydrogen) atoms. The fourth-order valence-electron chi connectivity index (χ4n) is 2.51. The molecule has 3 rings (SSSR count). The number of ether oxygens (including phenoxy) is 2. The molecule has 0 unspecified atom stereocenters. The number of likely N-dealkylation sites (N-methyl/N-ethyl adjacent to an activating group) is 1. The van der Waals surface area contributed by atoms with Crippen LogP contribution in [0.3, 0.4) is 0 Å². The van der Waals surface area contributed by atoms with Gasteiger partial charge in [0, 0.05) is 11.5 Å². The van der Waals surface area contributed by atoms with Crippen LogP contribution in [0.2, 0.25) is 0 Å². The Morgan fingerprint density at radius 1 is 1.21 bits per heavy atom. The smallest absolute Gasteiger partial charge is 0.232 e. The molecule has 0 fully saturated rings. The molecule has 1 aromatic heterocycles. The Bertz CT molecular complexity index is 949. The Kier molecular flexibility index (Phi) is 7.54. The van der Waals surface area contributed by atoms with Gasteiger partial charge in [-0.15, -0.1) is 10.2 Å². The van der Waals surface area contributed by atoms with Crippen molar-refractivity contribution in [1.82, 2.24) is 19.7 Å². The quantitative estimate of drug-likeness (QED) is 0.438. The van der Waals surface area contributed by atoms with Crippen LogP contribution in [-0.4, -0.2) is 58.6 Å². The number of benzene rings is 2. The van der Waals surface area contributed by atoms with Crippen molar-refractivity contribution in [2.45, 2.75) is 5.16 Å². The molecule has 0 aliphatic heterocycles. The van der Waals surface area contributed by atoms with Crippen LogP contribution >= 0.6 is 27.7 Å². The van der Waals surface area contributed by atoms with Gasteiger partial charge in [0.05, 0.1) is 25.1 Å². The number of hydrogen-bond acceptors (Lipinski definition) is 6. The van der Waals surface area contributed by atoms with Crippen LogP contribution in [0.1, 0.15) is 0 Å². The van der Waals surface area contributed by atoms with E-state index in [-0.39, 0.29) is 11.7 Å². The normalized spacial score (nSPS) is 10.6. The highest BCUT2D eigenvalue weighted by Gasteiger charge is 2.15. The van der Waals surface area contributed by atoms with Crippen LogP contribution in [-0.2, 0) is 4.79 Å². The van der Waals surface area contributed by atoms with Crippen molar-refractivity contribution in [2.75, 3.05) is 33.1 Å². The average molecular weight is 477 g/mol. The van der Waals surface area contributed by atoms with Crippen molar-refractivity contribution >= 4 is 33.6 Å². The fraction of sp³-hybridized carbons (Fsp3) is 0.250. The predicted octanol–water partition coefficient (Wildman–Crippen LogP) is 3.67. The molecule has 0 spiro atoms. The molecule has 0 aliphatic rings. The number of thioether (sulfide) groups is 1. The molecule has 0 atom stereocenters. The van der Waals surface area contributed by atoms with Crippen LogP contribution in [0.25, 0.3) is 5.69 Å². The minimum absolute atomic E-state index is 0.0102. The lowest BCUT2D eigenvalue weighted by atomic mass is 10.3. The molecule has 1 heterocycles. The van der Waals surface area contributed by atoms with Gasteiger partial charge in [0.1, 0.15) is 24.4 Å². The first-order chi connectivity index (χ1) is 14.1. The van der Waals surface area contributed by atoms with E-state index < -0.39 is 0 Å². The van der Waals surface area contributed by atoms with E-state index in [2.05, 4.69) is 26.1 Å². The summed E-state index contributed by atoms with van der Waals surface area (Å²) in [7, 11) is 3.38. The lowest BCUT2D eigenvalue weighted by Crippen LogP contribution is -2.32. The van der Waals surface area contributed by atoms with Crippen LogP contribution in [0.5, 0.6) is 11.5 Å². The molecule has 0 aliphatic carbocycles.